The second-order valence-electron chi connectivity index (χ2n) is 4.31. The SMILES string of the molecule is CC(C)CC(C)CCCCCS. The molecule has 0 N–H and O–H groups in total. The van der Waals surface area contributed by atoms with Gasteiger partial charge in [-0.1, -0.05) is 40.0 Å². The van der Waals surface area contributed by atoms with E-state index in [0.29, 0.717) is 0 Å². The van der Waals surface area contributed by atoms with Gasteiger partial charge in [0.25, 0.3) is 0 Å². The van der Waals surface area contributed by atoms with Gasteiger partial charge in [-0.3, -0.25) is 0 Å². The van der Waals surface area contributed by atoms with Crippen LogP contribution in [0.15, 0.2) is 0 Å². The van der Waals surface area contributed by atoms with Crippen molar-refractivity contribution in [2.75, 3.05) is 5.75 Å². The van der Waals surface area contributed by atoms with Gasteiger partial charge in [0.1, 0.15) is 0 Å². The summed E-state index contributed by atoms with van der Waals surface area (Å²) in [4.78, 5) is 0. The largest absolute Gasteiger partial charge is 0.179 e. The number of rotatable bonds is 7. The fourth-order valence-electron chi connectivity index (χ4n) is 1.70. The molecule has 0 saturated carbocycles. The lowest BCUT2D eigenvalue weighted by Gasteiger charge is -2.13. The Morgan fingerprint density at radius 3 is 2.17 bits per heavy atom. The molecular formula is C11H24S. The molecule has 0 spiro atoms. The van der Waals surface area contributed by atoms with E-state index < -0.39 is 0 Å². The zero-order valence-corrected chi connectivity index (χ0v) is 9.74. The predicted molar refractivity (Wildman–Crippen MR) is 60.9 cm³/mol. The second kappa shape index (κ2) is 7.97. The van der Waals surface area contributed by atoms with Crippen molar-refractivity contribution in [3.63, 3.8) is 0 Å². The highest BCUT2D eigenvalue weighted by molar-refractivity contribution is 7.80. The van der Waals surface area contributed by atoms with Crippen LogP contribution in [0.5, 0.6) is 0 Å². The molecular weight excluding hydrogens is 164 g/mol. The van der Waals surface area contributed by atoms with Crippen LogP contribution in [-0.4, -0.2) is 5.75 Å². The van der Waals surface area contributed by atoms with Crippen molar-refractivity contribution < 1.29 is 0 Å². The van der Waals surface area contributed by atoms with Crippen LogP contribution >= 0.6 is 12.6 Å². The second-order valence-corrected chi connectivity index (χ2v) is 4.75. The Hall–Kier alpha value is 0.350. The van der Waals surface area contributed by atoms with Gasteiger partial charge in [0.15, 0.2) is 0 Å². The normalized spacial score (nSPS) is 13.8. The lowest BCUT2D eigenvalue weighted by Crippen LogP contribution is -1.99. The van der Waals surface area contributed by atoms with Crippen molar-refractivity contribution in [2.45, 2.75) is 52.9 Å². The van der Waals surface area contributed by atoms with Gasteiger partial charge >= 0.3 is 0 Å². The molecule has 12 heavy (non-hydrogen) atoms. The lowest BCUT2D eigenvalue weighted by atomic mass is 9.94. The quantitative estimate of drug-likeness (QED) is 0.450. The molecule has 74 valence electrons. The van der Waals surface area contributed by atoms with Crippen molar-refractivity contribution in [3.8, 4) is 0 Å². The van der Waals surface area contributed by atoms with E-state index in [1.165, 1.54) is 32.1 Å². The molecule has 0 bridgehead atoms. The van der Waals surface area contributed by atoms with Gasteiger partial charge in [-0.2, -0.15) is 12.6 Å². The van der Waals surface area contributed by atoms with Crippen LogP contribution in [0.25, 0.3) is 0 Å². The predicted octanol–water partition coefficient (Wildman–Crippen LogP) is 4.16. The highest BCUT2D eigenvalue weighted by Gasteiger charge is 2.03. The average molecular weight is 188 g/mol. The Morgan fingerprint density at radius 1 is 1.00 bits per heavy atom. The molecule has 0 aliphatic carbocycles. The lowest BCUT2D eigenvalue weighted by molar-refractivity contribution is 0.401. The van der Waals surface area contributed by atoms with Crippen LogP contribution in [0, 0.1) is 11.8 Å². The van der Waals surface area contributed by atoms with Crippen LogP contribution in [0.1, 0.15) is 52.9 Å². The molecule has 0 aromatic carbocycles. The molecule has 0 fully saturated rings. The summed E-state index contributed by atoms with van der Waals surface area (Å²) in [6.07, 6.45) is 6.85. The number of hydrogen-bond donors (Lipinski definition) is 1. The molecule has 0 aromatic rings. The van der Waals surface area contributed by atoms with E-state index in [1.807, 2.05) is 0 Å². The summed E-state index contributed by atoms with van der Waals surface area (Å²) in [7, 11) is 0. The van der Waals surface area contributed by atoms with Crippen molar-refractivity contribution in [3.05, 3.63) is 0 Å². The number of unbranched alkanes of at least 4 members (excludes halogenated alkanes) is 2. The summed E-state index contributed by atoms with van der Waals surface area (Å²) in [6, 6.07) is 0. The molecule has 1 atom stereocenters. The molecule has 0 rings (SSSR count). The number of hydrogen-bond acceptors (Lipinski definition) is 1. The summed E-state index contributed by atoms with van der Waals surface area (Å²) in [5.74, 6) is 2.84. The molecule has 1 unspecified atom stereocenters. The van der Waals surface area contributed by atoms with E-state index in [1.54, 1.807) is 0 Å². The van der Waals surface area contributed by atoms with Crippen LogP contribution < -0.4 is 0 Å². The van der Waals surface area contributed by atoms with Gasteiger partial charge in [0.2, 0.25) is 0 Å². The van der Waals surface area contributed by atoms with Gasteiger partial charge in [0.05, 0.1) is 0 Å². The maximum atomic E-state index is 4.20. The van der Waals surface area contributed by atoms with E-state index in [-0.39, 0.29) is 0 Å². The van der Waals surface area contributed by atoms with Gasteiger partial charge in [0, 0.05) is 0 Å². The first-order valence-electron chi connectivity index (χ1n) is 5.27. The smallest absolute Gasteiger partial charge is 0.00979 e. The Kier molecular flexibility index (Phi) is 8.20. The van der Waals surface area contributed by atoms with E-state index >= 15 is 0 Å². The summed E-state index contributed by atoms with van der Waals surface area (Å²) in [5, 5.41) is 0. The third-order valence-electron chi connectivity index (χ3n) is 2.23. The van der Waals surface area contributed by atoms with Gasteiger partial charge in [-0.15, -0.1) is 0 Å². The molecule has 0 saturated heterocycles. The van der Waals surface area contributed by atoms with Crippen LogP contribution in [0.4, 0.5) is 0 Å². The highest BCUT2D eigenvalue weighted by Crippen LogP contribution is 2.17. The zero-order valence-electron chi connectivity index (χ0n) is 8.84. The summed E-state index contributed by atoms with van der Waals surface area (Å²) in [6.45, 7) is 7.00. The van der Waals surface area contributed by atoms with E-state index in [2.05, 4.69) is 33.4 Å². The van der Waals surface area contributed by atoms with E-state index in [0.717, 1.165) is 17.6 Å². The Bertz CT molecular complexity index is 89.0. The van der Waals surface area contributed by atoms with Crippen molar-refractivity contribution in [1.29, 1.82) is 0 Å². The Morgan fingerprint density at radius 2 is 1.67 bits per heavy atom. The molecule has 1 heteroatoms. The standard InChI is InChI=1S/C11H24S/c1-10(2)9-11(3)7-5-4-6-8-12/h10-12H,4-9H2,1-3H3. The average Bonchev–Trinajstić information content (AvgIpc) is 1.97. The molecule has 0 aliphatic heterocycles. The molecule has 0 aliphatic rings. The minimum Gasteiger partial charge on any atom is -0.179 e. The molecule has 0 amide bonds. The monoisotopic (exact) mass is 188 g/mol. The molecule has 0 nitrogen and oxygen atoms in total. The Balaban J connectivity index is 3.14. The first-order valence-corrected chi connectivity index (χ1v) is 5.91. The van der Waals surface area contributed by atoms with Crippen LogP contribution in [0.2, 0.25) is 0 Å². The topological polar surface area (TPSA) is 0 Å². The molecule has 0 heterocycles. The first-order chi connectivity index (χ1) is 5.66. The maximum absolute atomic E-state index is 4.20. The fraction of sp³-hybridized carbons (Fsp3) is 1.00. The summed E-state index contributed by atoms with van der Waals surface area (Å²) in [5.41, 5.74) is 0. The van der Waals surface area contributed by atoms with Gasteiger partial charge in [-0.05, 0) is 30.4 Å². The third-order valence-corrected chi connectivity index (χ3v) is 2.55. The minimum absolute atomic E-state index is 0.866. The highest BCUT2D eigenvalue weighted by atomic mass is 32.1. The third kappa shape index (κ3) is 8.45. The summed E-state index contributed by atoms with van der Waals surface area (Å²) < 4.78 is 0. The molecule has 0 radical (unpaired) electrons. The number of thiol groups is 1. The molecule has 0 aromatic heterocycles. The van der Waals surface area contributed by atoms with Crippen molar-refractivity contribution in [1.82, 2.24) is 0 Å². The first kappa shape index (κ1) is 12.3. The summed E-state index contributed by atoms with van der Waals surface area (Å²) >= 11 is 4.20. The minimum atomic E-state index is 0.866. The Labute approximate surface area is 83.5 Å². The van der Waals surface area contributed by atoms with Crippen LogP contribution in [0.3, 0.4) is 0 Å². The van der Waals surface area contributed by atoms with Crippen molar-refractivity contribution in [2.24, 2.45) is 11.8 Å². The van der Waals surface area contributed by atoms with Crippen LogP contribution in [-0.2, 0) is 0 Å². The van der Waals surface area contributed by atoms with Gasteiger partial charge < -0.3 is 0 Å². The van der Waals surface area contributed by atoms with Crippen molar-refractivity contribution >= 4 is 12.6 Å². The maximum Gasteiger partial charge on any atom is -0.00979 e. The van der Waals surface area contributed by atoms with Gasteiger partial charge in [-0.25, -0.2) is 0 Å². The van der Waals surface area contributed by atoms with E-state index in [4.69, 9.17) is 0 Å². The zero-order chi connectivity index (χ0) is 9.40. The fourth-order valence-corrected chi connectivity index (χ4v) is 1.93. The van der Waals surface area contributed by atoms with E-state index in [9.17, 15) is 0 Å².